The fourth-order valence-electron chi connectivity index (χ4n) is 4.94. The van der Waals surface area contributed by atoms with Crippen LogP contribution in [0.5, 0.6) is 5.75 Å². The maximum absolute atomic E-state index is 11.2. The second-order valence-electron chi connectivity index (χ2n) is 10.7. The Balaban J connectivity index is 1.22. The molecule has 1 aliphatic carbocycles. The van der Waals surface area contributed by atoms with Crippen LogP contribution in [-0.4, -0.2) is 30.2 Å². The van der Waals surface area contributed by atoms with E-state index in [4.69, 9.17) is 19.1 Å². The van der Waals surface area contributed by atoms with Crippen LogP contribution >= 0.6 is 23.6 Å². The summed E-state index contributed by atoms with van der Waals surface area (Å²) in [5, 5.41) is 10.2. The van der Waals surface area contributed by atoms with Gasteiger partial charge in [-0.2, -0.15) is 4.28 Å². The van der Waals surface area contributed by atoms with E-state index in [0.717, 1.165) is 38.7 Å². The van der Waals surface area contributed by atoms with Gasteiger partial charge in [0.25, 0.3) is 0 Å². The average molecular weight is 564 g/mol. The number of methoxy groups -OCH3 is 1. The molecule has 5 rings (SSSR count). The zero-order valence-electron chi connectivity index (χ0n) is 22.6. The molecular formula is C30H33N3O4S2. The van der Waals surface area contributed by atoms with Gasteiger partial charge in [-0.25, -0.2) is 15.3 Å². The molecule has 0 aliphatic heterocycles. The SMILES string of the molecule is COc1cc(C(=O)O)ccc1NOSN(C)c1ccc2sc(-c3ccc(C4CCC(C)(C)CC4)cc3)nc2c1. The largest absolute Gasteiger partial charge is 0.494 e. The monoisotopic (exact) mass is 563 g/mol. The van der Waals surface area contributed by atoms with E-state index in [2.05, 4.69) is 49.7 Å². The number of rotatable bonds is 9. The molecule has 39 heavy (non-hydrogen) atoms. The zero-order chi connectivity index (χ0) is 27.6. The number of nitrogens with one attached hydrogen (secondary N) is 1. The second kappa shape index (κ2) is 11.5. The Labute approximate surface area is 237 Å². The molecule has 0 atom stereocenters. The van der Waals surface area contributed by atoms with Gasteiger partial charge < -0.3 is 9.84 Å². The Morgan fingerprint density at radius 1 is 1.10 bits per heavy atom. The van der Waals surface area contributed by atoms with Gasteiger partial charge in [0.15, 0.2) is 0 Å². The van der Waals surface area contributed by atoms with Gasteiger partial charge in [-0.3, -0.25) is 4.31 Å². The molecule has 1 aliphatic rings. The number of carboxylic acids is 1. The van der Waals surface area contributed by atoms with Gasteiger partial charge in [-0.1, -0.05) is 38.1 Å². The van der Waals surface area contributed by atoms with Crippen molar-refractivity contribution >= 4 is 51.1 Å². The number of anilines is 2. The third kappa shape index (κ3) is 6.32. The van der Waals surface area contributed by atoms with Gasteiger partial charge in [0.1, 0.15) is 28.7 Å². The Bertz CT molecular complexity index is 1460. The maximum Gasteiger partial charge on any atom is 0.335 e. The van der Waals surface area contributed by atoms with Crippen LogP contribution in [0.1, 0.15) is 61.4 Å². The van der Waals surface area contributed by atoms with Crippen LogP contribution < -0.4 is 14.5 Å². The van der Waals surface area contributed by atoms with E-state index in [1.165, 1.54) is 50.5 Å². The number of thiazole rings is 1. The van der Waals surface area contributed by atoms with Crippen LogP contribution in [0.4, 0.5) is 11.4 Å². The van der Waals surface area contributed by atoms with Crippen molar-refractivity contribution in [1.82, 2.24) is 4.98 Å². The van der Waals surface area contributed by atoms with Gasteiger partial charge in [0.05, 0.1) is 28.6 Å². The van der Waals surface area contributed by atoms with E-state index in [1.54, 1.807) is 17.4 Å². The predicted molar refractivity (Wildman–Crippen MR) is 161 cm³/mol. The number of hydrogen-bond donors (Lipinski definition) is 2. The molecule has 0 saturated heterocycles. The molecule has 1 saturated carbocycles. The van der Waals surface area contributed by atoms with Crippen LogP contribution in [0.3, 0.4) is 0 Å². The molecule has 0 radical (unpaired) electrons. The lowest BCUT2D eigenvalue weighted by Gasteiger charge is -2.34. The first-order valence-corrected chi connectivity index (χ1v) is 14.5. The van der Waals surface area contributed by atoms with Crippen molar-refractivity contribution < 1.29 is 18.9 Å². The molecule has 204 valence electrons. The highest BCUT2D eigenvalue weighted by Crippen LogP contribution is 2.43. The molecule has 0 amide bonds. The number of aromatic carboxylic acids is 1. The molecule has 3 aromatic carbocycles. The third-order valence-corrected chi connectivity index (χ3v) is 9.13. The normalized spacial score (nSPS) is 15.3. The van der Waals surface area contributed by atoms with Gasteiger partial charge in [-0.15, -0.1) is 11.3 Å². The van der Waals surface area contributed by atoms with Gasteiger partial charge in [0.2, 0.25) is 0 Å². The Morgan fingerprint density at radius 3 is 2.54 bits per heavy atom. The van der Waals surface area contributed by atoms with Crippen molar-refractivity contribution in [2.24, 2.45) is 5.41 Å². The number of carboxylic acid groups (broad SMARTS) is 1. The maximum atomic E-state index is 11.2. The van der Waals surface area contributed by atoms with E-state index in [1.807, 2.05) is 23.5 Å². The number of ether oxygens (including phenoxy) is 1. The van der Waals surface area contributed by atoms with E-state index >= 15 is 0 Å². The topological polar surface area (TPSA) is 83.9 Å². The molecule has 9 heteroatoms. The fraction of sp³-hybridized carbons (Fsp3) is 0.333. The smallest absolute Gasteiger partial charge is 0.335 e. The average Bonchev–Trinajstić information content (AvgIpc) is 3.36. The lowest BCUT2D eigenvalue weighted by atomic mass is 9.71. The number of nitrogens with zero attached hydrogens (tertiary/aromatic N) is 2. The molecule has 1 aromatic heterocycles. The van der Waals surface area contributed by atoms with Crippen LogP contribution in [0, 0.1) is 5.41 Å². The van der Waals surface area contributed by atoms with Gasteiger partial charge in [-0.05, 0) is 79.0 Å². The van der Waals surface area contributed by atoms with E-state index in [9.17, 15) is 4.79 Å². The number of hydrogen-bond acceptors (Lipinski definition) is 8. The van der Waals surface area contributed by atoms with E-state index < -0.39 is 5.97 Å². The van der Waals surface area contributed by atoms with Crippen molar-refractivity contribution in [2.45, 2.75) is 45.4 Å². The minimum atomic E-state index is -1.02. The molecule has 2 N–H and O–H groups in total. The highest BCUT2D eigenvalue weighted by molar-refractivity contribution is 7.96. The molecular weight excluding hydrogens is 530 g/mol. The molecule has 7 nitrogen and oxygen atoms in total. The highest BCUT2D eigenvalue weighted by atomic mass is 32.2. The van der Waals surface area contributed by atoms with Crippen molar-refractivity contribution in [3.8, 4) is 16.3 Å². The summed E-state index contributed by atoms with van der Waals surface area (Å²) in [5.41, 5.74) is 8.44. The highest BCUT2D eigenvalue weighted by Gasteiger charge is 2.27. The van der Waals surface area contributed by atoms with E-state index in [-0.39, 0.29) is 5.56 Å². The summed E-state index contributed by atoms with van der Waals surface area (Å²) in [6, 6.07) is 19.7. The van der Waals surface area contributed by atoms with Crippen molar-refractivity contribution in [2.75, 3.05) is 23.9 Å². The Hall–Kier alpha value is -3.27. The summed E-state index contributed by atoms with van der Waals surface area (Å²) in [6.07, 6.45) is 5.13. The van der Waals surface area contributed by atoms with Gasteiger partial charge in [0, 0.05) is 12.6 Å². The molecule has 1 heterocycles. The van der Waals surface area contributed by atoms with Crippen LogP contribution in [0.15, 0.2) is 60.7 Å². The number of benzene rings is 3. The van der Waals surface area contributed by atoms with Crippen molar-refractivity contribution in [1.29, 1.82) is 0 Å². The lowest BCUT2D eigenvalue weighted by molar-refractivity contribution is 0.0696. The molecule has 4 aromatic rings. The van der Waals surface area contributed by atoms with Crippen LogP contribution in [0.2, 0.25) is 0 Å². The second-order valence-corrected chi connectivity index (χ2v) is 12.6. The van der Waals surface area contributed by atoms with Crippen LogP contribution in [-0.2, 0) is 4.28 Å². The summed E-state index contributed by atoms with van der Waals surface area (Å²) in [6.45, 7) is 4.76. The number of carbonyl (C=O) groups is 1. The third-order valence-electron chi connectivity index (χ3n) is 7.45. The molecule has 0 unspecified atom stereocenters. The minimum absolute atomic E-state index is 0.141. The summed E-state index contributed by atoms with van der Waals surface area (Å²) in [7, 11) is 3.38. The summed E-state index contributed by atoms with van der Waals surface area (Å²) < 4.78 is 13.9. The summed E-state index contributed by atoms with van der Waals surface area (Å²) in [4.78, 5) is 16.1. The first-order valence-electron chi connectivity index (χ1n) is 13.0. The molecule has 0 bridgehead atoms. The van der Waals surface area contributed by atoms with Crippen molar-refractivity contribution in [3.63, 3.8) is 0 Å². The Kier molecular flexibility index (Phi) is 8.02. The van der Waals surface area contributed by atoms with E-state index in [0.29, 0.717) is 22.8 Å². The first-order chi connectivity index (χ1) is 18.7. The Morgan fingerprint density at radius 2 is 1.85 bits per heavy atom. The summed E-state index contributed by atoms with van der Waals surface area (Å²) >= 11 is 2.81. The van der Waals surface area contributed by atoms with Crippen LogP contribution in [0.25, 0.3) is 20.8 Å². The first kappa shape index (κ1) is 27.3. The zero-order valence-corrected chi connectivity index (χ0v) is 24.2. The predicted octanol–water partition coefficient (Wildman–Crippen LogP) is 8.40. The fourth-order valence-corrected chi connectivity index (χ4v) is 6.33. The quantitative estimate of drug-likeness (QED) is 0.119. The van der Waals surface area contributed by atoms with Crippen molar-refractivity contribution in [3.05, 3.63) is 71.8 Å². The lowest BCUT2D eigenvalue weighted by Crippen LogP contribution is -2.20. The number of aromatic nitrogens is 1. The minimum Gasteiger partial charge on any atom is -0.494 e. The standard InChI is InChI=1S/C30H33N3O4S2/c1-30(2)15-13-20(14-16-30)19-5-7-21(8-6-19)28-31-25-18-23(10-12-27(25)38-28)33(3)39-37-32-24-11-9-22(29(34)35)17-26(24)36-4/h5-12,17-18,20,32H,13-16H2,1-4H3,(H,34,35). The molecule has 1 fully saturated rings. The summed E-state index contributed by atoms with van der Waals surface area (Å²) in [5.74, 6) is 0.0290. The molecule has 0 spiro atoms. The van der Waals surface area contributed by atoms with Gasteiger partial charge >= 0.3 is 5.97 Å². The number of fused-ring (bicyclic) bond motifs is 1.